The summed E-state index contributed by atoms with van der Waals surface area (Å²) in [6.45, 7) is 5.60. The molecule has 0 aliphatic carbocycles. The Labute approximate surface area is 88.8 Å². The minimum Gasteiger partial charge on any atom is -0.479 e. The van der Waals surface area contributed by atoms with Crippen LogP contribution < -0.4 is 5.32 Å². The molecule has 0 radical (unpaired) electrons. The van der Waals surface area contributed by atoms with E-state index in [1.54, 1.807) is 13.8 Å². The number of nitrogens with one attached hydrogen (secondary N) is 1. The van der Waals surface area contributed by atoms with E-state index >= 15 is 0 Å². The van der Waals surface area contributed by atoms with Gasteiger partial charge >= 0.3 is 5.97 Å². The van der Waals surface area contributed by atoms with Gasteiger partial charge in [-0.25, -0.2) is 4.79 Å². The maximum Gasteiger partial charge on any atom is 0.330 e. The number of amides is 1. The van der Waals surface area contributed by atoms with Crippen LogP contribution in [0.25, 0.3) is 0 Å². The molecule has 1 aliphatic rings. The molecule has 1 amide bonds. The van der Waals surface area contributed by atoms with E-state index in [-0.39, 0.29) is 5.91 Å². The number of aliphatic carboxylic acids is 1. The minimum atomic E-state index is -1.21. The average molecular weight is 215 g/mol. The highest BCUT2D eigenvalue weighted by Crippen LogP contribution is 2.37. The van der Waals surface area contributed by atoms with Gasteiger partial charge in [0.1, 0.15) is 5.54 Å². The maximum atomic E-state index is 11.4. The van der Waals surface area contributed by atoms with E-state index in [0.717, 1.165) is 0 Å². The fourth-order valence-corrected chi connectivity index (χ4v) is 2.00. The summed E-state index contributed by atoms with van der Waals surface area (Å²) in [5, 5.41) is 11.9. The van der Waals surface area contributed by atoms with E-state index in [1.165, 1.54) is 6.92 Å². The van der Waals surface area contributed by atoms with Gasteiger partial charge in [0.2, 0.25) is 5.91 Å². The lowest BCUT2D eigenvalue weighted by Crippen LogP contribution is -2.66. The van der Waals surface area contributed by atoms with Crippen molar-refractivity contribution in [2.75, 3.05) is 13.2 Å². The number of ether oxygens (including phenoxy) is 1. The standard InChI is InChI=1S/C10H17NO4/c1-7(12)11-10(8(13)14)4-5-15-6-9(10,2)3/h4-6H2,1-3H3,(H,11,12)(H,13,14). The van der Waals surface area contributed by atoms with Crippen LogP contribution >= 0.6 is 0 Å². The zero-order valence-corrected chi connectivity index (χ0v) is 9.29. The molecule has 0 saturated carbocycles. The molecule has 0 aromatic heterocycles. The largest absolute Gasteiger partial charge is 0.479 e. The van der Waals surface area contributed by atoms with Gasteiger partial charge < -0.3 is 15.2 Å². The normalized spacial score (nSPS) is 29.5. The van der Waals surface area contributed by atoms with E-state index in [0.29, 0.717) is 19.6 Å². The molecule has 0 bridgehead atoms. The van der Waals surface area contributed by atoms with Crippen molar-refractivity contribution in [3.05, 3.63) is 0 Å². The van der Waals surface area contributed by atoms with E-state index in [1.807, 2.05) is 0 Å². The zero-order valence-electron chi connectivity index (χ0n) is 9.29. The van der Waals surface area contributed by atoms with Crippen LogP contribution in [-0.4, -0.2) is 35.7 Å². The first kappa shape index (κ1) is 12.0. The Kier molecular flexibility index (Phi) is 3.04. The number of carbonyl (C=O) groups excluding carboxylic acids is 1. The second-order valence-electron chi connectivity index (χ2n) is 4.58. The van der Waals surface area contributed by atoms with Crippen molar-refractivity contribution >= 4 is 11.9 Å². The van der Waals surface area contributed by atoms with Crippen molar-refractivity contribution in [3.8, 4) is 0 Å². The van der Waals surface area contributed by atoms with Crippen molar-refractivity contribution in [2.45, 2.75) is 32.7 Å². The molecule has 1 heterocycles. The fraction of sp³-hybridized carbons (Fsp3) is 0.800. The third-order valence-corrected chi connectivity index (χ3v) is 2.99. The Morgan fingerprint density at radius 2 is 2.00 bits per heavy atom. The van der Waals surface area contributed by atoms with Gasteiger partial charge in [0.25, 0.3) is 0 Å². The Hall–Kier alpha value is -1.10. The second-order valence-corrected chi connectivity index (χ2v) is 4.58. The van der Waals surface area contributed by atoms with E-state index < -0.39 is 16.9 Å². The third kappa shape index (κ3) is 1.97. The highest BCUT2D eigenvalue weighted by atomic mass is 16.5. The van der Waals surface area contributed by atoms with Crippen LogP contribution in [0.15, 0.2) is 0 Å². The van der Waals surface area contributed by atoms with Crippen molar-refractivity contribution in [1.82, 2.24) is 5.32 Å². The maximum absolute atomic E-state index is 11.4. The number of carbonyl (C=O) groups is 2. The molecule has 1 fully saturated rings. The van der Waals surface area contributed by atoms with Crippen molar-refractivity contribution < 1.29 is 19.4 Å². The summed E-state index contributed by atoms with van der Waals surface area (Å²) in [6.07, 6.45) is 0.301. The number of carboxylic acids is 1. The summed E-state index contributed by atoms with van der Waals surface area (Å²) in [6, 6.07) is 0. The van der Waals surface area contributed by atoms with E-state index in [2.05, 4.69) is 5.32 Å². The summed E-state index contributed by atoms with van der Waals surface area (Å²) >= 11 is 0. The second kappa shape index (κ2) is 3.81. The molecule has 1 atom stereocenters. The smallest absolute Gasteiger partial charge is 0.330 e. The van der Waals surface area contributed by atoms with Crippen LogP contribution in [-0.2, 0) is 14.3 Å². The number of carboxylic acid groups (broad SMARTS) is 1. The predicted molar refractivity (Wildman–Crippen MR) is 53.4 cm³/mol. The van der Waals surface area contributed by atoms with Crippen molar-refractivity contribution in [1.29, 1.82) is 0 Å². The van der Waals surface area contributed by atoms with Gasteiger partial charge in [-0.05, 0) is 0 Å². The molecular weight excluding hydrogens is 198 g/mol. The van der Waals surface area contributed by atoms with Crippen molar-refractivity contribution in [3.63, 3.8) is 0 Å². The van der Waals surface area contributed by atoms with Gasteiger partial charge in [0, 0.05) is 25.4 Å². The summed E-state index contributed by atoms with van der Waals surface area (Å²) < 4.78 is 5.26. The summed E-state index contributed by atoms with van der Waals surface area (Å²) in [5.74, 6) is -1.32. The first-order chi connectivity index (χ1) is 6.82. The molecule has 0 spiro atoms. The van der Waals surface area contributed by atoms with Gasteiger partial charge in [-0.1, -0.05) is 13.8 Å². The number of hydrogen-bond donors (Lipinski definition) is 2. The van der Waals surface area contributed by atoms with Gasteiger partial charge in [-0.3, -0.25) is 4.79 Å². The molecule has 0 aromatic carbocycles. The lowest BCUT2D eigenvalue weighted by Gasteiger charge is -2.46. The molecule has 1 aliphatic heterocycles. The number of hydrogen-bond acceptors (Lipinski definition) is 3. The zero-order chi connectivity index (χ0) is 11.7. The van der Waals surface area contributed by atoms with E-state index in [4.69, 9.17) is 4.74 Å². The molecule has 86 valence electrons. The fourth-order valence-electron chi connectivity index (χ4n) is 2.00. The Balaban J connectivity index is 3.06. The molecule has 5 nitrogen and oxygen atoms in total. The first-order valence-corrected chi connectivity index (χ1v) is 4.92. The van der Waals surface area contributed by atoms with E-state index in [9.17, 15) is 14.7 Å². The summed E-state index contributed by atoms with van der Waals surface area (Å²) in [7, 11) is 0. The topological polar surface area (TPSA) is 75.6 Å². The summed E-state index contributed by atoms with van der Waals surface area (Å²) in [5.41, 5.74) is -1.82. The van der Waals surface area contributed by atoms with Crippen LogP contribution in [0.2, 0.25) is 0 Å². The predicted octanol–water partition coefficient (Wildman–Crippen LogP) is 0.392. The van der Waals surface area contributed by atoms with Gasteiger partial charge in [-0.2, -0.15) is 0 Å². The highest BCUT2D eigenvalue weighted by Gasteiger charge is 2.54. The molecule has 1 saturated heterocycles. The third-order valence-electron chi connectivity index (χ3n) is 2.99. The van der Waals surface area contributed by atoms with Crippen molar-refractivity contribution in [2.24, 2.45) is 5.41 Å². The Bertz CT molecular complexity index is 287. The van der Waals surface area contributed by atoms with Crippen LogP contribution in [0.5, 0.6) is 0 Å². The molecular formula is C10H17NO4. The lowest BCUT2D eigenvalue weighted by molar-refractivity contribution is -0.163. The SMILES string of the molecule is CC(=O)NC1(C(=O)O)CCOCC1(C)C. The van der Waals surface area contributed by atoms with Crippen LogP contribution in [0.4, 0.5) is 0 Å². The number of rotatable bonds is 2. The first-order valence-electron chi connectivity index (χ1n) is 4.92. The molecule has 0 aromatic rings. The minimum absolute atomic E-state index is 0.301. The molecule has 1 rings (SSSR count). The summed E-state index contributed by atoms with van der Waals surface area (Å²) in [4.78, 5) is 22.5. The highest BCUT2D eigenvalue weighted by molar-refractivity contribution is 5.87. The van der Waals surface area contributed by atoms with Crippen LogP contribution in [0, 0.1) is 5.41 Å². The van der Waals surface area contributed by atoms with Gasteiger partial charge in [0.15, 0.2) is 0 Å². The Morgan fingerprint density at radius 1 is 1.40 bits per heavy atom. The van der Waals surface area contributed by atoms with Crippen LogP contribution in [0.1, 0.15) is 27.2 Å². The van der Waals surface area contributed by atoms with Crippen LogP contribution in [0.3, 0.4) is 0 Å². The van der Waals surface area contributed by atoms with Gasteiger partial charge in [-0.15, -0.1) is 0 Å². The molecule has 15 heavy (non-hydrogen) atoms. The average Bonchev–Trinajstić information content (AvgIpc) is 2.07. The lowest BCUT2D eigenvalue weighted by atomic mass is 9.69. The molecule has 5 heteroatoms. The quantitative estimate of drug-likeness (QED) is 0.698. The monoisotopic (exact) mass is 215 g/mol. The van der Waals surface area contributed by atoms with Gasteiger partial charge in [0.05, 0.1) is 6.61 Å². The molecule has 2 N–H and O–H groups in total. The molecule has 1 unspecified atom stereocenters. The Morgan fingerprint density at radius 3 is 2.40 bits per heavy atom.